The minimum absolute atomic E-state index is 0.666. The zero-order valence-corrected chi connectivity index (χ0v) is 14.0. The van der Waals surface area contributed by atoms with Crippen LogP contribution in [0.25, 0.3) is 0 Å². The molecule has 0 aromatic heterocycles. The summed E-state index contributed by atoms with van der Waals surface area (Å²) in [5.41, 5.74) is 1.32. The van der Waals surface area contributed by atoms with Crippen molar-refractivity contribution >= 4 is 0 Å². The zero-order chi connectivity index (χ0) is 15.6. The van der Waals surface area contributed by atoms with Crippen LogP contribution in [-0.2, 0) is 11.2 Å². The van der Waals surface area contributed by atoms with Crippen LogP contribution in [0.3, 0.4) is 0 Å². The number of benzene rings is 1. The molecule has 0 atom stereocenters. The van der Waals surface area contributed by atoms with Crippen molar-refractivity contribution in [3.8, 4) is 11.5 Å². The second-order valence-corrected chi connectivity index (χ2v) is 5.62. The summed E-state index contributed by atoms with van der Waals surface area (Å²) in [4.78, 5) is 2.48. The van der Waals surface area contributed by atoms with E-state index in [2.05, 4.69) is 24.0 Å². The van der Waals surface area contributed by atoms with Crippen LogP contribution >= 0.6 is 0 Å². The van der Waals surface area contributed by atoms with Gasteiger partial charge in [-0.25, -0.2) is 0 Å². The highest BCUT2D eigenvalue weighted by Gasteiger charge is 2.10. The molecule has 0 spiro atoms. The van der Waals surface area contributed by atoms with Crippen molar-refractivity contribution in [2.24, 2.45) is 0 Å². The van der Waals surface area contributed by atoms with Crippen molar-refractivity contribution < 1.29 is 14.2 Å². The van der Waals surface area contributed by atoms with Crippen molar-refractivity contribution in [3.63, 3.8) is 0 Å². The van der Waals surface area contributed by atoms with E-state index in [1.807, 2.05) is 13.0 Å². The largest absolute Gasteiger partial charge is 0.490 e. The maximum Gasteiger partial charge on any atom is 0.161 e. The van der Waals surface area contributed by atoms with Gasteiger partial charge < -0.3 is 14.2 Å². The molecule has 0 N–H and O–H groups in total. The molecule has 4 nitrogen and oxygen atoms in total. The SMILES string of the molecule is CCCOc1ccc(CCCN2CCOCC2)cc1OCC. The van der Waals surface area contributed by atoms with Gasteiger partial charge in [0.1, 0.15) is 0 Å². The predicted octanol–water partition coefficient (Wildman–Crippen LogP) is 3.14. The highest BCUT2D eigenvalue weighted by molar-refractivity contribution is 5.43. The molecule has 4 heteroatoms. The Balaban J connectivity index is 1.85. The lowest BCUT2D eigenvalue weighted by Gasteiger charge is -2.26. The van der Waals surface area contributed by atoms with Crippen molar-refractivity contribution in [2.75, 3.05) is 46.1 Å². The molecule has 0 bridgehead atoms. The Kier molecular flexibility index (Phi) is 7.54. The van der Waals surface area contributed by atoms with Crippen molar-refractivity contribution in [3.05, 3.63) is 23.8 Å². The summed E-state index contributed by atoms with van der Waals surface area (Å²) in [5.74, 6) is 1.74. The molecule has 2 rings (SSSR count). The number of nitrogens with zero attached hydrogens (tertiary/aromatic N) is 1. The van der Waals surface area contributed by atoms with E-state index in [4.69, 9.17) is 14.2 Å². The van der Waals surface area contributed by atoms with Crippen LogP contribution in [0, 0.1) is 0 Å². The molecule has 0 saturated carbocycles. The molecule has 1 aromatic rings. The number of ether oxygens (including phenoxy) is 3. The first-order chi connectivity index (χ1) is 10.8. The Bertz CT molecular complexity index is 430. The molecule has 1 aliphatic heterocycles. The van der Waals surface area contributed by atoms with Crippen LogP contribution in [0.2, 0.25) is 0 Å². The van der Waals surface area contributed by atoms with Gasteiger partial charge in [0.05, 0.1) is 26.4 Å². The maximum atomic E-state index is 5.75. The third-order valence-corrected chi connectivity index (χ3v) is 3.81. The summed E-state index contributed by atoms with van der Waals surface area (Å²) < 4.78 is 16.8. The number of hydrogen-bond donors (Lipinski definition) is 0. The van der Waals surface area contributed by atoms with E-state index in [-0.39, 0.29) is 0 Å². The molecule has 1 heterocycles. The van der Waals surface area contributed by atoms with Crippen molar-refractivity contribution in [1.82, 2.24) is 4.90 Å². The number of hydrogen-bond acceptors (Lipinski definition) is 4. The van der Waals surface area contributed by atoms with Crippen LogP contribution in [-0.4, -0.2) is 51.0 Å². The molecule has 0 unspecified atom stereocenters. The van der Waals surface area contributed by atoms with E-state index in [0.29, 0.717) is 6.61 Å². The first kappa shape index (κ1) is 17.1. The minimum Gasteiger partial charge on any atom is -0.490 e. The topological polar surface area (TPSA) is 30.9 Å². The van der Waals surface area contributed by atoms with Crippen LogP contribution in [0.5, 0.6) is 11.5 Å². The highest BCUT2D eigenvalue weighted by atomic mass is 16.5. The predicted molar refractivity (Wildman–Crippen MR) is 89.0 cm³/mol. The lowest BCUT2D eigenvalue weighted by atomic mass is 10.1. The zero-order valence-electron chi connectivity index (χ0n) is 14.0. The smallest absolute Gasteiger partial charge is 0.161 e. The molecule has 0 radical (unpaired) electrons. The second kappa shape index (κ2) is 9.70. The van der Waals surface area contributed by atoms with Crippen molar-refractivity contribution in [2.45, 2.75) is 33.1 Å². The Hall–Kier alpha value is -1.26. The van der Waals surface area contributed by atoms with E-state index in [1.165, 1.54) is 12.0 Å². The first-order valence-electron chi connectivity index (χ1n) is 8.52. The fourth-order valence-electron chi connectivity index (χ4n) is 2.64. The molecule has 0 amide bonds. The Labute approximate surface area is 134 Å². The van der Waals surface area contributed by atoms with E-state index in [1.54, 1.807) is 0 Å². The highest BCUT2D eigenvalue weighted by Crippen LogP contribution is 2.29. The summed E-state index contributed by atoms with van der Waals surface area (Å²) in [6, 6.07) is 6.34. The number of morpholine rings is 1. The number of aryl methyl sites for hydroxylation is 1. The van der Waals surface area contributed by atoms with Crippen LogP contribution in [0.15, 0.2) is 18.2 Å². The summed E-state index contributed by atoms with van der Waals surface area (Å²) in [7, 11) is 0. The minimum atomic E-state index is 0.666. The quantitative estimate of drug-likeness (QED) is 0.701. The third kappa shape index (κ3) is 5.50. The van der Waals surface area contributed by atoms with Gasteiger partial charge in [0.2, 0.25) is 0 Å². The van der Waals surface area contributed by atoms with Crippen LogP contribution in [0.4, 0.5) is 0 Å². The average Bonchev–Trinajstić information content (AvgIpc) is 2.55. The molecule has 1 fully saturated rings. The fourth-order valence-corrected chi connectivity index (χ4v) is 2.64. The van der Waals surface area contributed by atoms with Gasteiger partial charge >= 0.3 is 0 Å². The molecular formula is C18H29NO3. The van der Waals surface area contributed by atoms with Gasteiger partial charge in [0.15, 0.2) is 11.5 Å². The number of rotatable bonds is 9. The fraction of sp³-hybridized carbons (Fsp3) is 0.667. The van der Waals surface area contributed by atoms with Crippen molar-refractivity contribution in [1.29, 1.82) is 0 Å². The van der Waals surface area contributed by atoms with Gasteiger partial charge in [-0.15, -0.1) is 0 Å². The summed E-state index contributed by atoms with van der Waals surface area (Å²) >= 11 is 0. The van der Waals surface area contributed by atoms with E-state index < -0.39 is 0 Å². The van der Waals surface area contributed by atoms with E-state index in [9.17, 15) is 0 Å². The first-order valence-corrected chi connectivity index (χ1v) is 8.52. The molecule has 1 saturated heterocycles. The monoisotopic (exact) mass is 307 g/mol. The lowest BCUT2D eigenvalue weighted by Crippen LogP contribution is -2.36. The Morgan fingerprint density at radius 3 is 2.64 bits per heavy atom. The Morgan fingerprint density at radius 2 is 1.91 bits per heavy atom. The molecule has 124 valence electrons. The van der Waals surface area contributed by atoms with Crippen LogP contribution in [0.1, 0.15) is 32.3 Å². The summed E-state index contributed by atoms with van der Waals surface area (Å²) in [5, 5.41) is 0. The summed E-state index contributed by atoms with van der Waals surface area (Å²) in [6.45, 7) is 10.5. The standard InChI is InChI=1S/C18H29NO3/c1-3-12-22-17-8-7-16(15-18(17)21-4-2)6-5-9-19-10-13-20-14-11-19/h7-8,15H,3-6,9-14H2,1-2H3. The second-order valence-electron chi connectivity index (χ2n) is 5.62. The maximum absolute atomic E-state index is 5.75. The van der Waals surface area contributed by atoms with Gasteiger partial charge in [-0.2, -0.15) is 0 Å². The van der Waals surface area contributed by atoms with Gasteiger partial charge in [-0.1, -0.05) is 13.0 Å². The normalized spacial score (nSPS) is 15.7. The molecule has 1 aromatic carbocycles. The average molecular weight is 307 g/mol. The van der Waals surface area contributed by atoms with Gasteiger partial charge in [-0.3, -0.25) is 4.90 Å². The molecule has 22 heavy (non-hydrogen) atoms. The van der Waals surface area contributed by atoms with Gasteiger partial charge in [0.25, 0.3) is 0 Å². The Morgan fingerprint density at radius 1 is 1.09 bits per heavy atom. The summed E-state index contributed by atoms with van der Waals surface area (Å²) in [6.07, 6.45) is 3.25. The third-order valence-electron chi connectivity index (χ3n) is 3.81. The van der Waals surface area contributed by atoms with E-state index in [0.717, 1.165) is 63.8 Å². The lowest BCUT2D eigenvalue weighted by molar-refractivity contribution is 0.0374. The molecule has 0 aliphatic carbocycles. The van der Waals surface area contributed by atoms with E-state index >= 15 is 0 Å². The molecular weight excluding hydrogens is 278 g/mol. The molecule has 1 aliphatic rings. The van der Waals surface area contributed by atoms with Gasteiger partial charge in [-0.05, 0) is 50.4 Å². The van der Waals surface area contributed by atoms with Crippen LogP contribution < -0.4 is 9.47 Å². The van der Waals surface area contributed by atoms with Gasteiger partial charge in [0, 0.05) is 13.1 Å².